The van der Waals surface area contributed by atoms with Gasteiger partial charge in [0.05, 0.1) is 5.39 Å². The Hall–Kier alpha value is -2.95. The minimum Gasteiger partial charge on any atom is -0.321 e. The molecule has 1 amide bonds. The smallest absolute Gasteiger partial charge is 0.272 e. The predicted octanol–water partition coefficient (Wildman–Crippen LogP) is 3.80. The average molecular weight is 324 g/mol. The van der Waals surface area contributed by atoms with Crippen molar-refractivity contribution in [3.63, 3.8) is 0 Å². The van der Waals surface area contributed by atoms with E-state index in [1.165, 1.54) is 22.8 Å². The van der Waals surface area contributed by atoms with Crippen molar-refractivity contribution in [1.82, 2.24) is 4.57 Å². The van der Waals surface area contributed by atoms with E-state index in [0.29, 0.717) is 24.0 Å². The van der Waals surface area contributed by atoms with Crippen LogP contribution in [-0.2, 0) is 6.54 Å². The summed E-state index contributed by atoms with van der Waals surface area (Å²) < 4.78 is 14.9. The third-order valence-electron chi connectivity index (χ3n) is 3.79. The molecule has 0 atom stereocenters. The molecular weight excluding hydrogens is 307 g/mol. The van der Waals surface area contributed by atoms with Crippen molar-refractivity contribution in [2.45, 2.75) is 19.9 Å². The third kappa shape index (κ3) is 3.06. The van der Waals surface area contributed by atoms with Gasteiger partial charge in [-0.25, -0.2) is 4.39 Å². The lowest BCUT2D eigenvalue weighted by molar-refractivity contribution is 0.101. The maximum Gasteiger partial charge on any atom is 0.272 e. The van der Waals surface area contributed by atoms with Gasteiger partial charge in [-0.3, -0.25) is 9.59 Å². The Morgan fingerprint density at radius 3 is 2.58 bits per heavy atom. The van der Waals surface area contributed by atoms with Crippen LogP contribution in [-0.4, -0.2) is 10.5 Å². The summed E-state index contributed by atoms with van der Waals surface area (Å²) >= 11 is 0. The maximum atomic E-state index is 13.5. The molecule has 0 aliphatic heterocycles. The van der Waals surface area contributed by atoms with Crippen LogP contribution in [0.3, 0.4) is 0 Å². The van der Waals surface area contributed by atoms with E-state index in [1.54, 1.807) is 18.2 Å². The van der Waals surface area contributed by atoms with Crippen LogP contribution in [0.1, 0.15) is 23.8 Å². The van der Waals surface area contributed by atoms with Crippen LogP contribution >= 0.6 is 0 Å². The molecule has 0 aliphatic carbocycles. The van der Waals surface area contributed by atoms with Crippen molar-refractivity contribution in [1.29, 1.82) is 0 Å². The van der Waals surface area contributed by atoms with Crippen LogP contribution in [0.25, 0.3) is 10.8 Å². The van der Waals surface area contributed by atoms with E-state index in [4.69, 9.17) is 0 Å². The largest absolute Gasteiger partial charge is 0.321 e. The van der Waals surface area contributed by atoms with Gasteiger partial charge in [0.25, 0.3) is 11.5 Å². The van der Waals surface area contributed by atoms with Crippen LogP contribution in [0, 0.1) is 5.82 Å². The second-order valence-electron chi connectivity index (χ2n) is 5.54. The Morgan fingerprint density at radius 2 is 1.88 bits per heavy atom. The van der Waals surface area contributed by atoms with E-state index in [1.807, 2.05) is 25.1 Å². The first-order chi connectivity index (χ1) is 11.6. The minimum absolute atomic E-state index is 0.268. The molecular formula is C19H17FN2O2. The van der Waals surface area contributed by atoms with Crippen molar-refractivity contribution in [3.8, 4) is 0 Å². The molecule has 1 heterocycles. The second kappa shape index (κ2) is 6.66. The summed E-state index contributed by atoms with van der Waals surface area (Å²) in [6, 6.07) is 14.7. The van der Waals surface area contributed by atoms with E-state index in [-0.39, 0.29) is 22.5 Å². The molecule has 0 spiro atoms. The fraction of sp³-hybridized carbons (Fsp3) is 0.158. The SMILES string of the molecule is CCCn1c(C(=O)Nc2ccccc2)cc2ccc(F)cc2c1=O. The highest BCUT2D eigenvalue weighted by Crippen LogP contribution is 2.16. The van der Waals surface area contributed by atoms with Gasteiger partial charge in [0.2, 0.25) is 0 Å². The van der Waals surface area contributed by atoms with Crippen LogP contribution in [0.15, 0.2) is 59.4 Å². The quantitative estimate of drug-likeness (QED) is 0.793. The lowest BCUT2D eigenvalue weighted by Gasteiger charge is -2.14. The molecule has 0 fully saturated rings. The van der Waals surface area contributed by atoms with Gasteiger partial charge < -0.3 is 9.88 Å². The number of fused-ring (bicyclic) bond motifs is 1. The number of pyridine rings is 1. The van der Waals surface area contributed by atoms with Crippen molar-refractivity contribution in [2.24, 2.45) is 0 Å². The van der Waals surface area contributed by atoms with Gasteiger partial charge in [-0.1, -0.05) is 31.2 Å². The fourth-order valence-corrected chi connectivity index (χ4v) is 2.67. The number of carbonyl (C=O) groups is 1. The fourth-order valence-electron chi connectivity index (χ4n) is 2.67. The number of halogens is 1. The normalized spacial score (nSPS) is 10.8. The molecule has 4 nitrogen and oxygen atoms in total. The molecule has 3 aromatic rings. The number of hydrogen-bond acceptors (Lipinski definition) is 2. The zero-order chi connectivity index (χ0) is 17.1. The molecule has 0 unspecified atom stereocenters. The monoisotopic (exact) mass is 324 g/mol. The third-order valence-corrected chi connectivity index (χ3v) is 3.79. The highest BCUT2D eigenvalue weighted by atomic mass is 19.1. The molecule has 24 heavy (non-hydrogen) atoms. The number of carbonyl (C=O) groups excluding carboxylic acids is 1. The molecule has 3 rings (SSSR count). The number of para-hydroxylation sites is 1. The number of anilines is 1. The summed E-state index contributed by atoms with van der Waals surface area (Å²) in [6.07, 6.45) is 0.687. The second-order valence-corrected chi connectivity index (χ2v) is 5.54. The topological polar surface area (TPSA) is 51.1 Å². The number of hydrogen-bond donors (Lipinski definition) is 1. The summed E-state index contributed by atoms with van der Waals surface area (Å²) in [6.45, 7) is 2.31. The van der Waals surface area contributed by atoms with Crippen LogP contribution in [0.2, 0.25) is 0 Å². The van der Waals surface area contributed by atoms with Crippen molar-refractivity contribution >= 4 is 22.4 Å². The number of nitrogens with zero attached hydrogens (tertiary/aromatic N) is 1. The van der Waals surface area contributed by atoms with Crippen molar-refractivity contribution in [3.05, 3.63) is 76.5 Å². The zero-order valence-electron chi connectivity index (χ0n) is 13.3. The molecule has 5 heteroatoms. The standard InChI is InChI=1S/C19H17FN2O2/c1-2-10-22-17(18(23)21-15-6-4-3-5-7-15)11-13-8-9-14(20)12-16(13)19(22)24/h3-9,11-12H,2,10H2,1H3,(H,21,23). The van der Waals surface area contributed by atoms with Crippen molar-refractivity contribution in [2.75, 3.05) is 5.32 Å². The number of amides is 1. The van der Waals surface area contributed by atoms with Gasteiger partial charge in [0, 0.05) is 12.2 Å². The van der Waals surface area contributed by atoms with E-state index in [0.717, 1.165) is 0 Å². The number of aromatic nitrogens is 1. The van der Waals surface area contributed by atoms with Gasteiger partial charge in [0.1, 0.15) is 11.5 Å². The summed E-state index contributed by atoms with van der Waals surface area (Å²) in [4.78, 5) is 25.3. The first-order valence-electron chi connectivity index (χ1n) is 7.79. The van der Waals surface area contributed by atoms with Gasteiger partial charge in [0.15, 0.2) is 0 Å². The zero-order valence-corrected chi connectivity index (χ0v) is 13.3. The first kappa shape index (κ1) is 15.9. The lowest BCUT2D eigenvalue weighted by atomic mass is 10.1. The summed E-state index contributed by atoms with van der Waals surface area (Å²) in [5.74, 6) is -0.831. The van der Waals surface area contributed by atoms with Crippen LogP contribution in [0.4, 0.5) is 10.1 Å². The summed E-state index contributed by atoms with van der Waals surface area (Å²) in [5.41, 5.74) is 0.564. The Kier molecular flexibility index (Phi) is 4.42. The Bertz CT molecular complexity index is 949. The van der Waals surface area contributed by atoms with Gasteiger partial charge in [-0.15, -0.1) is 0 Å². The molecule has 2 aromatic carbocycles. The lowest BCUT2D eigenvalue weighted by Crippen LogP contribution is -2.28. The van der Waals surface area contributed by atoms with Crippen LogP contribution in [0.5, 0.6) is 0 Å². The summed E-state index contributed by atoms with van der Waals surface area (Å²) in [5, 5.41) is 3.61. The first-order valence-corrected chi connectivity index (χ1v) is 7.79. The number of rotatable bonds is 4. The predicted molar refractivity (Wildman–Crippen MR) is 92.9 cm³/mol. The van der Waals surface area contributed by atoms with Crippen LogP contribution < -0.4 is 10.9 Å². The number of benzene rings is 2. The molecule has 0 saturated carbocycles. The van der Waals surface area contributed by atoms with Gasteiger partial charge in [-0.05, 0) is 42.1 Å². The van der Waals surface area contributed by atoms with Crippen molar-refractivity contribution < 1.29 is 9.18 Å². The molecule has 122 valence electrons. The Labute approximate surface area is 138 Å². The Morgan fingerprint density at radius 1 is 1.12 bits per heavy atom. The molecule has 0 saturated heterocycles. The average Bonchev–Trinajstić information content (AvgIpc) is 2.58. The molecule has 0 bridgehead atoms. The van der Waals surface area contributed by atoms with E-state index >= 15 is 0 Å². The molecule has 1 N–H and O–H groups in total. The maximum absolute atomic E-state index is 13.5. The highest BCUT2D eigenvalue weighted by molar-refractivity contribution is 6.05. The van der Waals surface area contributed by atoms with Gasteiger partial charge in [-0.2, -0.15) is 0 Å². The summed E-state index contributed by atoms with van der Waals surface area (Å²) in [7, 11) is 0. The minimum atomic E-state index is -0.468. The Balaban J connectivity index is 2.12. The van der Waals surface area contributed by atoms with E-state index in [9.17, 15) is 14.0 Å². The van der Waals surface area contributed by atoms with Gasteiger partial charge >= 0.3 is 0 Å². The molecule has 0 radical (unpaired) electrons. The van der Waals surface area contributed by atoms with E-state index < -0.39 is 5.82 Å². The highest BCUT2D eigenvalue weighted by Gasteiger charge is 2.16. The number of nitrogens with one attached hydrogen (secondary N) is 1. The molecule has 1 aromatic heterocycles. The molecule has 0 aliphatic rings. The van der Waals surface area contributed by atoms with E-state index in [2.05, 4.69) is 5.32 Å².